The van der Waals surface area contributed by atoms with Gasteiger partial charge in [0.15, 0.2) is 0 Å². The van der Waals surface area contributed by atoms with Crippen LogP contribution in [0.4, 0.5) is 0 Å². The first-order valence-electron chi connectivity index (χ1n) is 8.39. The van der Waals surface area contributed by atoms with E-state index in [4.69, 9.17) is 0 Å². The molecule has 140 valence electrons. The van der Waals surface area contributed by atoms with Gasteiger partial charge in [-0.15, -0.1) is 23.1 Å². The van der Waals surface area contributed by atoms with Crippen molar-refractivity contribution >= 4 is 39.0 Å². The van der Waals surface area contributed by atoms with Crippen molar-refractivity contribution in [2.45, 2.75) is 23.0 Å². The molecule has 26 heavy (non-hydrogen) atoms. The molecule has 8 heteroatoms. The molecule has 1 amide bonds. The largest absolute Gasteiger partial charge is 0.339 e. The van der Waals surface area contributed by atoms with Crippen molar-refractivity contribution in [2.75, 3.05) is 31.9 Å². The molecule has 1 aliphatic heterocycles. The molecule has 0 bridgehead atoms. The molecule has 0 saturated carbocycles. The van der Waals surface area contributed by atoms with E-state index in [0.717, 1.165) is 4.90 Å². The van der Waals surface area contributed by atoms with E-state index in [1.54, 1.807) is 34.2 Å². The molecule has 2 aromatic rings. The Kier molecular flexibility index (Phi) is 6.06. The number of carbonyl (C=O) groups is 1. The summed E-state index contributed by atoms with van der Waals surface area (Å²) in [6.07, 6.45) is 0. The maximum absolute atomic E-state index is 12.5. The van der Waals surface area contributed by atoms with Gasteiger partial charge in [-0.25, -0.2) is 8.42 Å². The minimum atomic E-state index is -3.42. The van der Waals surface area contributed by atoms with E-state index in [2.05, 4.69) is 18.2 Å². The van der Waals surface area contributed by atoms with Crippen LogP contribution in [0.2, 0.25) is 0 Å². The van der Waals surface area contributed by atoms with Gasteiger partial charge in [0, 0.05) is 31.1 Å². The highest BCUT2D eigenvalue weighted by atomic mass is 32.2. The fourth-order valence-corrected chi connectivity index (χ4v) is 6.40. The Balaban J connectivity index is 1.55. The van der Waals surface area contributed by atoms with Crippen LogP contribution in [-0.4, -0.2) is 55.5 Å². The molecule has 2 heterocycles. The number of hydrogen-bond acceptors (Lipinski definition) is 5. The smallest absolute Gasteiger partial charge is 0.252 e. The second kappa shape index (κ2) is 8.12. The molecule has 3 rings (SSSR count). The van der Waals surface area contributed by atoms with Crippen LogP contribution < -0.4 is 0 Å². The Hall–Kier alpha value is -1.35. The molecule has 0 atom stereocenters. The van der Waals surface area contributed by atoms with Gasteiger partial charge in [-0.1, -0.05) is 23.8 Å². The Bertz CT molecular complexity index is 871. The lowest BCUT2D eigenvalue weighted by Crippen LogP contribution is -2.50. The Morgan fingerprint density at radius 2 is 1.88 bits per heavy atom. The molecule has 0 radical (unpaired) electrons. The van der Waals surface area contributed by atoms with Gasteiger partial charge in [0.1, 0.15) is 4.21 Å². The van der Waals surface area contributed by atoms with Crippen LogP contribution >= 0.6 is 23.1 Å². The number of thioether (sulfide) groups is 1. The zero-order valence-corrected chi connectivity index (χ0v) is 17.3. The van der Waals surface area contributed by atoms with Gasteiger partial charge >= 0.3 is 0 Å². The SMILES string of the molecule is Cc1ccc(C)c(SCC(=O)N2CCN(S(=O)(=O)c3cccs3)CC2)c1. The molecule has 0 spiro atoms. The number of benzene rings is 1. The van der Waals surface area contributed by atoms with Gasteiger partial charge in [0.05, 0.1) is 5.75 Å². The van der Waals surface area contributed by atoms with Crippen LogP contribution in [-0.2, 0) is 14.8 Å². The average Bonchev–Trinajstić information content (AvgIpc) is 3.18. The Labute approximate surface area is 163 Å². The molecule has 0 N–H and O–H groups in total. The monoisotopic (exact) mass is 410 g/mol. The summed E-state index contributed by atoms with van der Waals surface area (Å²) >= 11 is 2.77. The van der Waals surface area contributed by atoms with Gasteiger partial charge < -0.3 is 4.90 Å². The predicted octanol–water partition coefficient (Wildman–Crippen LogP) is 2.99. The lowest BCUT2D eigenvalue weighted by atomic mass is 10.2. The second-order valence-corrected chi connectivity index (χ2v) is 10.4. The third-order valence-electron chi connectivity index (χ3n) is 4.38. The number of sulfonamides is 1. The first-order valence-corrected chi connectivity index (χ1v) is 11.7. The van der Waals surface area contributed by atoms with Crippen molar-refractivity contribution < 1.29 is 13.2 Å². The molecule has 1 aromatic carbocycles. The summed E-state index contributed by atoms with van der Waals surface area (Å²) in [5.41, 5.74) is 2.35. The summed E-state index contributed by atoms with van der Waals surface area (Å²) in [7, 11) is -3.42. The van der Waals surface area contributed by atoms with Crippen LogP contribution in [0.5, 0.6) is 0 Å². The molecule has 1 saturated heterocycles. The highest BCUT2D eigenvalue weighted by molar-refractivity contribution is 8.00. The number of thiophene rings is 1. The van der Waals surface area contributed by atoms with Crippen molar-refractivity contribution in [1.82, 2.24) is 9.21 Å². The predicted molar refractivity (Wildman–Crippen MR) is 106 cm³/mol. The number of amides is 1. The normalized spacial score (nSPS) is 16.0. The third-order valence-corrected chi connectivity index (χ3v) is 8.79. The lowest BCUT2D eigenvalue weighted by molar-refractivity contribution is -0.129. The van der Waals surface area contributed by atoms with Gasteiger partial charge in [-0.2, -0.15) is 4.31 Å². The topological polar surface area (TPSA) is 57.7 Å². The maximum atomic E-state index is 12.5. The Morgan fingerprint density at radius 3 is 2.54 bits per heavy atom. The van der Waals surface area contributed by atoms with E-state index >= 15 is 0 Å². The second-order valence-electron chi connectivity index (χ2n) is 6.27. The first-order chi connectivity index (χ1) is 12.4. The van der Waals surface area contributed by atoms with E-state index in [1.165, 1.54) is 26.8 Å². The summed E-state index contributed by atoms with van der Waals surface area (Å²) in [5.74, 6) is 0.436. The van der Waals surface area contributed by atoms with Crippen molar-refractivity contribution in [2.24, 2.45) is 0 Å². The third kappa shape index (κ3) is 4.31. The van der Waals surface area contributed by atoms with Crippen LogP contribution in [0.25, 0.3) is 0 Å². The quantitative estimate of drug-likeness (QED) is 0.711. The van der Waals surface area contributed by atoms with Crippen molar-refractivity contribution in [3.63, 3.8) is 0 Å². The molecule has 0 aliphatic carbocycles. The molecule has 1 aliphatic rings. The number of rotatable bonds is 5. The first kappa shape index (κ1) is 19.4. The summed E-state index contributed by atoms with van der Waals surface area (Å²) in [5, 5.41) is 1.76. The summed E-state index contributed by atoms with van der Waals surface area (Å²) < 4.78 is 26.9. The van der Waals surface area contributed by atoms with Crippen LogP contribution in [0.3, 0.4) is 0 Å². The van der Waals surface area contributed by atoms with Gasteiger partial charge in [0.2, 0.25) is 5.91 Å². The van der Waals surface area contributed by atoms with Crippen LogP contribution in [0.15, 0.2) is 44.8 Å². The van der Waals surface area contributed by atoms with Crippen molar-refractivity contribution in [3.05, 3.63) is 46.8 Å². The van der Waals surface area contributed by atoms with Gasteiger partial charge in [-0.3, -0.25) is 4.79 Å². The van der Waals surface area contributed by atoms with E-state index in [0.29, 0.717) is 36.1 Å². The van der Waals surface area contributed by atoms with E-state index in [9.17, 15) is 13.2 Å². The van der Waals surface area contributed by atoms with Gasteiger partial charge in [-0.05, 0) is 36.9 Å². The summed E-state index contributed by atoms with van der Waals surface area (Å²) in [6.45, 7) is 5.66. The average molecular weight is 411 g/mol. The van der Waals surface area contributed by atoms with E-state index in [1.807, 2.05) is 13.8 Å². The number of hydrogen-bond donors (Lipinski definition) is 0. The van der Waals surface area contributed by atoms with Crippen LogP contribution in [0.1, 0.15) is 11.1 Å². The number of piperazine rings is 1. The summed E-state index contributed by atoms with van der Waals surface area (Å²) in [4.78, 5) is 15.4. The molecular weight excluding hydrogens is 388 g/mol. The summed E-state index contributed by atoms with van der Waals surface area (Å²) in [6, 6.07) is 9.59. The minimum absolute atomic E-state index is 0.0593. The highest BCUT2D eigenvalue weighted by Crippen LogP contribution is 2.25. The van der Waals surface area contributed by atoms with E-state index in [-0.39, 0.29) is 5.91 Å². The van der Waals surface area contributed by atoms with Gasteiger partial charge in [0.25, 0.3) is 10.0 Å². The van der Waals surface area contributed by atoms with Crippen molar-refractivity contribution in [1.29, 1.82) is 0 Å². The molecule has 5 nitrogen and oxygen atoms in total. The zero-order chi connectivity index (χ0) is 18.7. The molecule has 1 aromatic heterocycles. The highest BCUT2D eigenvalue weighted by Gasteiger charge is 2.30. The Morgan fingerprint density at radius 1 is 1.15 bits per heavy atom. The fraction of sp³-hybridized carbons (Fsp3) is 0.389. The number of nitrogens with zero attached hydrogens (tertiary/aromatic N) is 2. The molecule has 1 fully saturated rings. The molecule has 0 unspecified atom stereocenters. The van der Waals surface area contributed by atoms with Crippen molar-refractivity contribution in [3.8, 4) is 0 Å². The maximum Gasteiger partial charge on any atom is 0.252 e. The lowest BCUT2D eigenvalue weighted by Gasteiger charge is -2.33. The zero-order valence-electron chi connectivity index (χ0n) is 14.8. The fourth-order valence-electron chi connectivity index (χ4n) is 2.81. The standard InChI is InChI=1S/C18H22N2O3S3/c1-14-5-6-15(2)16(12-14)25-13-17(21)19-7-9-20(10-8-19)26(22,23)18-4-3-11-24-18/h3-6,11-12H,7-10,13H2,1-2H3. The van der Waals surface area contributed by atoms with E-state index < -0.39 is 10.0 Å². The number of carbonyl (C=O) groups excluding carboxylic acids is 1. The van der Waals surface area contributed by atoms with Crippen LogP contribution in [0, 0.1) is 13.8 Å². The number of aryl methyl sites for hydroxylation is 2. The minimum Gasteiger partial charge on any atom is -0.339 e. The molecular formula is C18H22N2O3S3.